The number of hydrogen-bond donors (Lipinski definition) is 0. The van der Waals surface area contributed by atoms with Crippen LogP contribution in [0.3, 0.4) is 0 Å². The van der Waals surface area contributed by atoms with Crippen molar-refractivity contribution in [1.82, 2.24) is 19.5 Å². The Morgan fingerprint density at radius 1 is 0.451 bits per heavy atom. The summed E-state index contributed by atoms with van der Waals surface area (Å²) in [4.78, 5) is 15.6. The first-order valence-corrected chi connectivity index (χ1v) is 17.8. The molecule has 0 fully saturated rings. The third-order valence-electron chi connectivity index (χ3n) is 9.89. The minimum atomic E-state index is 0.593. The molecule has 0 N–H and O–H groups in total. The number of furan rings is 1. The molecule has 0 radical (unpaired) electrons. The molecule has 0 aliphatic carbocycles. The monoisotopic (exact) mass is 670 g/mol. The fourth-order valence-corrected chi connectivity index (χ4v) is 8.84. The number of rotatable bonds is 4. The Balaban J connectivity index is 1.16. The molecule has 0 atom stereocenters. The van der Waals surface area contributed by atoms with Gasteiger partial charge in [0, 0.05) is 52.8 Å². The average molecular weight is 671 g/mol. The Labute approximate surface area is 295 Å². The molecule has 0 amide bonds. The smallest absolute Gasteiger partial charge is 0.238 e. The fourth-order valence-electron chi connectivity index (χ4n) is 7.60. The van der Waals surface area contributed by atoms with Gasteiger partial charge in [-0.25, -0.2) is 4.98 Å². The van der Waals surface area contributed by atoms with E-state index >= 15 is 0 Å². The van der Waals surface area contributed by atoms with Crippen molar-refractivity contribution in [2.24, 2.45) is 0 Å². The lowest BCUT2D eigenvalue weighted by Gasteiger charge is -2.11. The predicted molar refractivity (Wildman–Crippen MR) is 211 cm³/mol. The lowest BCUT2D eigenvalue weighted by atomic mass is 9.97. The van der Waals surface area contributed by atoms with E-state index in [9.17, 15) is 0 Å². The molecule has 11 rings (SSSR count). The summed E-state index contributed by atoms with van der Waals surface area (Å²) in [6, 6.07) is 54.9. The van der Waals surface area contributed by atoms with Crippen molar-refractivity contribution in [3.8, 4) is 39.9 Å². The topological polar surface area (TPSA) is 56.7 Å². The van der Waals surface area contributed by atoms with E-state index in [1.165, 1.54) is 21.0 Å². The van der Waals surface area contributed by atoms with E-state index in [2.05, 4.69) is 132 Å². The molecule has 0 saturated carbocycles. The number of hydrogen-bond acceptors (Lipinski definition) is 5. The van der Waals surface area contributed by atoms with Crippen molar-refractivity contribution in [1.29, 1.82) is 0 Å². The van der Waals surface area contributed by atoms with Crippen molar-refractivity contribution in [3.05, 3.63) is 158 Å². The maximum Gasteiger partial charge on any atom is 0.238 e. The van der Waals surface area contributed by atoms with Gasteiger partial charge < -0.3 is 4.42 Å². The van der Waals surface area contributed by atoms with Gasteiger partial charge in [-0.2, -0.15) is 9.97 Å². The van der Waals surface area contributed by atoms with Crippen molar-refractivity contribution >= 4 is 75.3 Å². The van der Waals surface area contributed by atoms with Gasteiger partial charge in [-0.1, -0.05) is 115 Å². The van der Waals surface area contributed by atoms with E-state index in [0.29, 0.717) is 17.6 Å². The summed E-state index contributed by atoms with van der Waals surface area (Å²) < 4.78 is 10.7. The molecule has 0 unspecified atom stereocenters. The Kier molecular flexibility index (Phi) is 6.05. The van der Waals surface area contributed by atoms with Crippen LogP contribution >= 0.6 is 11.3 Å². The Morgan fingerprint density at radius 3 is 1.92 bits per heavy atom. The maximum absolute atomic E-state index is 6.16. The van der Waals surface area contributed by atoms with Gasteiger partial charge in [0.15, 0.2) is 11.6 Å². The van der Waals surface area contributed by atoms with Gasteiger partial charge in [-0.3, -0.25) is 4.57 Å². The highest BCUT2D eigenvalue weighted by atomic mass is 32.1. The van der Waals surface area contributed by atoms with E-state index in [0.717, 1.165) is 65.1 Å². The Hall–Kier alpha value is -6.63. The molecule has 11 aromatic rings. The molecule has 238 valence electrons. The van der Waals surface area contributed by atoms with Crippen LogP contribution < -0.4 is 0 Å². The second kappa shape index (κ2) is 10.9. The molecule has 6 heteroatoms. The highest BCUT2D eigenvalue weighted by molar-refractivity contribution is 7.26. The summed E-state index contributed by atoms with van der Waals surface area (Å²) >= 11 is 1.78. The molecule has 7 aromatic carbocycles. The predicted octanol–water partition coefficient (Wildman–Crippen LogP) is 12.2. The third-order valence-corrected chi connectivity index (χ3v) is 11.1. The lowest BCUT2D eigenvalue weighted by molar-refractivity contribution is 0.669. The van der Waals surface area contributed by atoms with E-state index in [1.807, 2.05) is 30.3 Å². The zero-order chi connectivity index (χ0) is 33.5. The molecule has 0 aliphatic rings. The highest BCUT2D eigenvalue weighted by Crippen LogP contribution is 2.44. The SMILES string of the molecule is c1ccc(-c2nc(-c3cccc4c3sc3cccc(-c5ccc6oc7ccccc7c6c5)c34)nc(-n3c4ccccc4c4ccccc43)n2)cc1. The molecule has 4 aromatic heterocycles. The average Bonchev–Trinajstić information content (AvgIpc) is 3.87. The van der Waals surface area contributed by atoms with Gasteiger partial charge in [-0.15, -0.1) is 11.3 Å². The second-order valence-corrected chi connectivity index (χ2v) is 13.8. The zero-order valence-electron chi connectivity index (χ0n) is 27.1. The van der Waals surface area contributed by atoms with E-state index in [1.54, 1.807) is 11.3 Å². The molecular weight excluding hydrogens is 645 g/mol. The summed E-state index contributed by atoms with van der Waals surface area (Å²) in [5.74, 6) is 1.87. The van der Waals surface area contributed by atoms with Crippen LogP contribution in [-0.2, 0) is 0 Å². The first-order chi connectivity index (χ1) is 25.3. The van der Waals surface area contributed by atoms with Gasteiger partial charge in [0.2, 0.25) is 5.95 Å². The fraction of sp³-hybridized carbons (Fsp3) is 0. The molecule has 0 aliphatic heterocycles. The first-order valence-electron chi connectivity index (χ1n) is 16.9. The summed E-state index contributed by atoms with van der Waals surface area (Å²) in [7, 11) is 0. The van der Waals surface area contributed by atoms with Gasteiger partial charge in [0.25, 0.3) is 0 Å². The second-order valence-electron chi connectivity index (χ2n) is 12.8. The van der Waals surface area contributed by atoms with Crippen LogP contribution in [0.1, 0.15) is 0 Å². The number of para-hydroxylation sites is 3. The maximum atomic E-state index is 6.16. The third kappa shape index (κ3) is 4.30. The molecule has 0 saturated heterocycles. The first kappa shape index (κ1) is 28.2. The van der Waals surface area contributed by atoms with Crippen molar-refractivity contribution in [3.63, 3.8) is 0 Å². The molecular formula is C45H26N4OS. The Morgan fingerprint density at radius 2 is 1.10 bits per heavy atom. The molecule has 0 bridgehead atoms. The lowest BCUT2D eigenvalue weighted by Crippen LogP contribution is -2.06. The van der Waals surface area contributed by atoms with Crippen LogP contribution in [0.4, 0.5) is 0 Å². The van der Waals surface area contributed by atoms with Gasteiger partial charge in [0.05, 0.1) is 11.0 Å². The van der Waals surface area contributed by atoms with E-state index in [4.69, 9.17) is 19.4 Å². The van der Waals surface area contributed by atoms with Crippen LogP contribution in [0.2, 0.25) is 0 Å². The normalized spacial score (nSPS) is 11.9. The number of fused-ring (bicyclic) bond motifs is 9. The van der Waals surface area contributed by atoms with Crippen LogP contribution in [0.15, 0.2) is 162 Å². The molecule has 5 nitrogen and oxygen atoms in total. The van der Waals surface area contributed by atoms with E-state index in [-0.39, 0.29) is 0 Å². The molecule has 0 spiro atoms. The quantitative estimate of drug-likeness (QED) is 0.187. The highest BCUT2D eigenvalue weighted by Gasteiger charge is 2.21. The van der Waals surface area contributed by atoms with E-state index < -0.39 is 0 Å². The van der Waals surface area contributed by atoms with Crippen LogP contribution in [-0.4, -0.2) is 19.5 Å². The van der Waals surface area contributed by atoms with Crippen molar-refractivity contribution in [2.45, 2.75) is 0 Å². The molecule has 4 heterocycles. The van der Waals surface area contributed by atoms with Crippen LogP contribution in [0, 0.1) is 0 Å². The Bertz CT molecular complexity index is 3100. The summed E-state index contributed by atoms with van der Waals surface area (Å²) in [6.07, 6.45) is 0. The number of nitrogens with zero attached hydrogens (tertiary/aromatic N) is 4. The number of thiophene rings is 1. The van der Waals surface area contributed by atoms with Gasteiger partial charge >= 0.3 is 0 Å². The zero-order valence-corrected chi connectivity index (χ0v) is 27.9. The summed E-state index contributed by atoms with van der Waals surface area (Å²) in [5.41, 5.74) is 8.19. The van der Waals surface area contributed by atoms with Crippen molar-refractivity contribution in [2.75, 3.05) is 0 Å². The van der Waals surface area contributed by atoms with Crippen LogP contribution in [0.25, 0.3) is 104 Å². The van der Waals surface area contributed by atoms with Crippen molar-refractivity contribution < 1.29 is 4.42 Å². The summed E-state index contributed by atoms with van der Waals surface area (Å²) in [5, 5.41) is 6.99. The number of benzene rings is 7. The minimum Gasteiger partial charge on any atom is -0.456 e. The minimum absolute atomic E-state index is 0.593. The number of aromatic nitrogens is 4. The molecule has 51 heavy (non-hydrogen) atoms. The standard InChI is InChI=1S/C45H26N4OS/c1-2-12-27(13-3-1)43-46-44(48-45(47-43)49-36-20-7-4-14-30(36)31-15-5-8-21-37(31)49)34-19-10-18-33-41-29(17-11-23-40(41)51-42(33)34)28-24-25-39-35(26-28)32-16-6-9-22-38(32)50-39/h1-26H. The largest absolute Gasteiger partial charge is 0.456 e. The van der Waals surface area contributed by atoms with Gasteiger partial charge in [-0.05, 0) is 53.6 Å². The summed E-state index contributed by atoms with van der Waals surface area (Å²) in [6.45, 7) is 0. The van der Waals surface area contributed by atoms with Gasteiger partial charge in [0.1, 0.15) is 11.2 Å². The van der Waals surface area contributed by atoms with Crippen LogP contribution in [0.5, 0.6) is 0 Å².